The number of thioether (sulfide) groups is 1. The molecule has 0 N–H and O–H groups in total. The van der Waals surface area contributed by atoms with Gasteiger partial charge < -0.3 is 14.0 Å². The molecule has 0 amide bonds. The molecule has 1 atom stereocenters. The van der Waals surface area contributed by atoms with E-state index in [-0.39, 0.29) is 6.04 Å². The number of aromatic nitrogens is 1. The van der Waals surface area contributed by atoms with Crippen LogP contribution in [0.1, 0.15) is 30.6 Å². The van der Waals surface area contributed by atoms with Crippen molar-refractivity contribution in [3.63, 3.8) is 0 Å². The second-order valence-corrected chi connectivity index (χ2v) is 7.68. The van der Waals surface area contributed by atoms with Gasteiger partial charge in [-0.05, 0) is 36.8 Å². The number of methoxy groups -OCH3 is 2. The first-order valence-corrected chi connectivity index (χ1v) is 10.4. The van der Waals surface area contributed by atoms with Crippen LogP contribution in [0.15, 0.2) is 70.7 Å². The third-order valence-electron chi connectivity index (χ3n) is 5.01. The van der Waals surface area contributed by atoms with Crippen LogP contribution in [0.3, 0.4) is 0 Å². The van der Waals surface area contributed by atoms with Gasteiger partial charge in [-0.3, -0.25) is 4.99 Å². The Morgan fingerprint density at radius 1 is 1.00 bits per heavy atom. The molecule has 0 spiro atoms. The van der Waals surface area contributed by atoms with Gasteiger partial charge in [0.2, 0.25) is 0 Å². The van der Waals surface area contributed by atoms with Crippen LogP contribution in [-0.2, 0) is 0 Å². The molecule has 4 rings (SSSR count). The summed E-state index contributed by atoms with van der Waals surface area (Å²) in [6, 6.07) is 18.9. The number of benzene rings is 2. The van der Waals surface area contributed by atoms with Crippen LogP contribution in [0.25, 0.3) is 5.69 Å². The molecule has 0 saturated heterocycles. The molecule has 28 heavy (non-hydrogen) atoms. The summed E-state index contributed by atoms with van der Waals surface area (Å²) in [5.41, 5.74) is 4.51. The zero-order valence-electron chi connectivity index (χ0n) is 16.4. The fourth-order valence-electron chi connectivity index (χ4n) is 3.60. The molecule has 0 bridgehead atoms. The van der Waals surface area contributed by atoms with Crippen LogP contribution in [0.5, 0.6) is 11.5 Å². The fourth-order valence-corrected chi connectivity index (χ4v) is 4.48. The van der Waals surface area contributed by atoms with Gasteiger partial charge in [-0.2, -0.15) is 0 Å². The summed E-state index contributed by atoms with van der Waals surface area (Å²) in [5, 5.41) is 0. The monoisotopic (exact) mass is 392 g/mol. The molecule has 0 saturated carbocycles. The first-order valence-electron chi connectivity index (χ1n) is 9.43. The predicted octanol–water partition coefficient (Wildman–Crippen LogP) is 5.54. The number of hydrogen-bond donors (Lipinski definition) is 0. The van der Waals surface area contributed by atoms with Crippen molar-refractivity contribution < 1.29 is 9.47 Å². The fraction of sp³-hybridized carbons (Fsp3) is 0.261. The van der Waals surface area contributed by atoms with Crippen LogP contribution < -0.4 is 9.47 Å². The molecule has 0 radical (unpaired) electrons. The van der Waals surface area contributed by atoms with Gasteiger partial charge in [0.05, 0.1) is 37.4 Å². The van der Waals surface area contributed by atoms with Crippen molar-refractivity contribution in [2.75, 3.05) is 20.0 Å². The molecule has 1 aromatic heterocycles. The Labute approximate surface area is 170 Å². The Hall–Kier alpha value is -2.66. The molecular weight excluding hydrogens is 368 g/mol. The van der Waals surface area contributed by atoms with Crippen LogP contribution in [0, 0.1) is 0 Å². The highest BCUT2D eigenvalue weighted by molar-refractivity contribution is 8.00. The highest BCUT2D eigenvalue weighted by Gasteiger charge is 2.25. The summed E-state index contributed by atoms with van der Waals surface area (Å²) < 4.78 is 13.3. The van der Waals surface area contributed by atoms with Crippen molar-refractivity contribution >= 4 is 17.5 Å². The van der Waals surface area contributed by atoms with Crippen LogP contribution >= 0.6 is 11.8 Å². The van der Waals surface area contributed by atoms with Gasteiger partial charge in [0, 0.05) is 28.5 Å². The SMILES string of the molecule is CC[C@H]1N=C(CSc2ccccc2)c2cccn2-c2cc(OC)c(OC)cc21. The lowest BCUT2D eigenvalue weighted by atomic mass is 10.0. The van der Waals surface area contributed by atoms with Crippen molar-refractivity contribution in [3.05, 3.63) is 72.1 Å². The zero-order valence-corrected chi connectivity index (χ0v) is 17.2. The number of hydrogen-bond acceptors (Lipinski definition) is 4. The summed E-state index contributed by atoms with van der Waals surface area (Å²) in [6.45, 7) is 2.18. The highest BCUT2D eigenvalue weighted by Crippen LogP contribution is 2.40. The second-order valence-electron chi connectivity index (χ2n) is 6.63. The third-order valence-corrected chi connectivity index (χ3v) is 6.04. The minimum Gasteiger partial charge on any atom is -0.493 e. The molecule has 1 aliphatic rings. The summed E-state index contributed by atoms with van der Waals surface area (Å²) in [7, 11) is 3.35. The molecule has 144 valence electrons. The standard InChI is InChI=1S/C23H24N2O2S/c1-4-18-17-13-22(26-2)23(27-3)14-21(17)25-12-8-11-20(25)19(24-18)15-28-16-9-6-5-7-10-16/h5-14,18H,4,15H2,1-3H3/t18-/m1/s1. The summed E-state index contributed by atoms with van der Waals surface area (Å²) >= 11 is 1.82. The lowest BCUT2D eigenvalue weighted by Gasteiger charge is -2.18. The normalized spacial score (nSPS) is 15.2. The van der Waals surface area contributed by atoms with E-state index in [1.165, 1.54) is 4.90 Å². The zero-order chi connectivity index (χ0) is 19.5. The quantitative estimate of drug-likeness (QED) is 0.517. The number of ether oxygens (including phenoxy) is 2. The Kier molecular flexibility index (Phi) is 5.44. The number of aliphatic imine (C=N–C) groups is 1. The second kappa shape index (κ2) is 8.15. The van der Waals surface area contributed by atoms with E-state index in [1.54, 1.807) is 14.2 Å². The smallest absolute Gasteiger partial charge is 0.162 e. The molecule has 1 aliphatic heterocycles. The van der Waals surface area contributed by atoms with Crippen LogP contribution in [-0.4, -0.2) is 30.3 Å². The van der Waals surface area contributed by atoms with Gasteiger partial charge in [-0.15, -0.1) is 11.8 Å². The van der Waals surface area contributed by atoms with Gasteiger partial charge in [0.25, 0.3) is 0 Å². The van der Waals surface area contributed by atoms with E-state index in [0.717, 1.165) is 46.3 Å². The minimum atomic E-state index is 0.0843. The van der Waals surface area contributed by atoms with E-state index in [2.05, 4.69) is 66.2 Å². The molecule has 3 aromatic rings. The van der Waals surface area contributed by atoms with E-state index < -0.39 is 0 Å². The van der Waals surface area contributed by atoms with Crippen LogP contribution in [0.2, 0.25) is 0 Å². The van der Waals surface area contributed by atoms with Crippen molar-refractivity contribution in [1.82, 2.24) is 4.57 Å². The van der Waals surface area contributed by atoms with Crippen LogP contribution in [0.4, 0.5) is 0 Å². The van der Waals surface area contributed by atoms with Gasteiger partial charge in [0.15, 0.2) is 11.5 Å². The topological polar surface area (TPSA) is 35.8 Å². The first-order chi connectivity index (χ1) is 13.7. The van der Waals surface area contributed by atoms with Crippen molar-refractivity contribution in [2.45, 2.75) is 24.3 Å². The van der Waals surface area contributed by atoms with E-state index in [0.29, 0.717) is 0 Å². The molecule has 2 aromatic carbocycles. The molecule has 4 nitrogen and oxygen atoms in total. The number of rotatable bonds is 6. The summed E-state index contributed by atoms with van der Waals surface area (Å²) in [5.74, 6) is 2.30. The van der Waals surface area contributed by atoms with Crippen molar-refractivity contribution in [3.8, 4) is 17.2 Å². The average Bonchev–Trinajstić information content (AvgIpc) is 3.19. The Morgan fingerprint density at radius 2 is 1.75 bits per heavy atom. The molecule has 2 heterocycles. The first kappa shape index (κ1) is 18.7. The molecular formula is C23H24N2O2S. The van der Waals surface area contributed by atoms with E-state index in [1.807, 2.05) is 17.8 Å². The van der Waals surface area contributed by atoms with Gasteiger partial charge >= 0.3 is 0 Å². The predicted molar refractivity (Wildman–Crippen MR) is 116 cm³/mol. The number of nitrogens with zero attached hydrogens (tertiary/aromatic N) is 2. The van der Waals surface area contributed by atoms with E-state index in [9.17, 15) is 0 Å². The molecule has 0 fully saturated rings. The van der Waals surface area contributed by atoms with E-state index >= 15 is 0 Å². The van der Waals surface area contributed by atoms with E-state index in [4.69, 9.17) is 14.5 Å². The van der Waals surface area contributed by atoms with Gasteiger partial charge in [-0.25, -0.2) is 0 Å². The Balaban J connectivity index is 1.79. The van der Waals surface area contributed by atoms with Gasteiger partial charge in [-0.1, -0.05) is 25.1 Å². The molecule has 0 unspecified atom stereocenters. The Morgan fingerprint density at radius 3 is 2.46 bits per heavy atom. The van der Waals surface area contributed by atoms with Crippen molar-refractivity contribution in [2.24, 2.45) is 4.99 Å². The number of fused-ring (bicyclic) bond motifs is 3. The lowest BCUT2D eigenvalue weighted by Crippen LogP contribution is -2.09. The maximum absolute atomic E-state index is 5.56. The lowest BCUT2D eigenvalue weighted by molar-refractivity contribution is 0.354. The maximum Gasteiger partial charge on any atom is 0.162 e. The Bertz CT molecular complexity index is 995. The summed E-state index contributed by atoms with van der Waals surface area (Å²) in [6.07, 6.45) is 3.02. The minimum absolute atomic E-state index is 0.0843. The van der Waals surface area contributed by atoms with Crippen molar-refractivity contribution in [1.29, 1.82) is 0 Å². The largest absolute Gasteiger partial charge is 0.493 e. The van der Waals surface area contributed by atoms with Gasteiger partial charge in [0.1, 0.15) is 0 Å². The molecule has 5 heteroatoms. The molecule has 0 aliphatic carbocycles. The maximum atomic E-state index is 5.56. The average molecular weight is 393 g/mol. The summed E-state index contributed by atoms with van der Waals surface area (Å²) in [4.78, 5) is 6.42. The third kappa shape index (κ3) is 3.42. The highest BCUT2D eigenvalue weighted by atomic mass is 32.2.